The lowest BCUT2D eigenvalue weighted by molar-refractivity contribution is -0.157. The molecule has 0 aromatic heterocycles. The van der Waals surface area contributed by atoms with Crippen LogP contribution in [0.1, 0.15) is 127 Å². The molecule has 0 unspecified atom stereocenters. The van der Waals surface area contributed by atoms with Gasteiger partial charge in [-0.2, -0.15) is 0 Å². The highest BCUT2D eigenvalue weighted by Gasteiger charge is 2.46. The predicted molar refractivity (Wildman–Crippen MR) is 283 cm³/mol. The lowest BCUT2D eigenvalue weighted by Crippen LogP contribution is -2.66. The number of rotatable bonds is 22. The van der Waals surface area contributed by atoms with Crippen LogP contribution in [-0.4, -0.2) is 99.7 Å². The molecule has 75 heavy (non-hydrogen) atoms. The number of carboxylic acids is 1. The van der Waals surface area contributed by atoms with E-state index < -0.39 is 96.4 Å². The minimum atomic E-state index is -3.67. The van der Waals surface area contributed by atoms with Crippen LogP contribution >= 0.6 is 7.60 Å². The number of nitrogens with two attached hydrogens (primary N) is 1. The molecule has 0 radical (unpaired) electrons. The van der Waals surface area contributed by atoms with E-state index in [9.17, 15) is 43.2 Å². The van der Waals surface area contributed by atoms with Crippen molar-refractivity contribution >= 4 is 60.0 Å². The minimum Gasteiger partial charge on any atom is -0.478 e. The molecule has 1 saturated heterocycles. The monoisotopic (exact) mass is 1060 g/mol. The number of carbonyl (C=O) groups is 7. The summed E-state index contributed by atoms with van der Waals surface area (Å²) in [6, 6.07) is 25.3. The Morgan fingerprint density at radius 2 is 1.32 bits per heavy atom. The molecule has 0 saturated carbocycles. The second kappa shape index (κ2) is 25.3. The molecule has 6 N–H and O–H groups in total. The van der Waals surface area contributed by atoms with Gasteiger partial charge < -0.3 is 50.2 Å². The molecule has 5 rings (SSSR count). The zero-order valence-electron chi connectivity index (χ0n) is 44.6. The number of likely N-dealkylation sites (tertiary alicyclic amines) is 1. The predicted octanol–water partition coefficient (Wildman–Crippen LogP) is 8.15. The molecule has 18 nitrogen and oxygen atoms in total. The first-order valence-corrected chi connectivity index (χ1v) is 26.9. The summed E-state index contributed by atoms with van der Waals surface area (Å²) in [7, 11) is -3.67. The highest BCUT2D eigenvalue weighted by Crippen LogP contribution is 2.57. The number of nitrogens with zero attached hydrogens (tertiary/aromatic N) is 1. The van der Waals surface area contributed by atoms with Gasteiger partial charge in [0.15, 0.2) is 0 Å². The first-order valence-electron chi connectivity index (χ1n) is 25.2. The van der Waals surface area contributed by atoms with Crippen molar-refractivity contribution in [1.29, 1.82) is 0 Å². The Kier molecular flexibility index (Phi) is 20.0. The topological polar surface area (TPSA) is 259 Å². The van der Waals surface area contributed by atoms with E-state index in [0.717, 1.165) is 16.3 Å². The number of hydrogen-bond donors (Lipinski definition) is 5. The Bertz CT molecular complexity index is 2690. The van der Waals surface area contributed by atoms with Gasteiger partial charge in [-0.05, 0) is 140 Å². The van der Waals surface area contributed by atoms with Gasteiger partial charge in [-0.25, -0.2) is 9.59 Å². The Hall–Kier alpha value is -6.62. The quantitative estimate of drug-likeness (QED) is 0.0283. The number of esters is 1. The van der Waals surface area contributed by atoms with Crippen molar-refractivity contribution in [3.8, 4) is 0 Å². The Balaban J connectivity index is 1.39. The summed E-state index contributed by atoms with van der Waals surface area (Å²) in [6.07, 6.45) is -0.910. The van der Waals surface area contributed by atoms with Gasteiger partial charge in [-0.3, -0.25) is 28.5 Å². The molecular formula is C56H74N5O13P. The van der Waals surface area contributed by atoms with Crippen LogP contribution in [0.3, 0.4) is 0 Å². The Morgan fingerprint density at radius 1 is 0.733 bits per heavy atom. The van der Waals surface area contributed by atoms with Crippen LogP contribution in [0.4, 0.5) is 4.79 Å². The summed E-state index contributed by atoms with van der Waals surface area (Å²) in [5.74, 6) is -5.95. The van der Waals surface area contributed by atoms with E-state index in [0.29, 0.717) is 29.5 Å². The van der Waals surface area contributed by atoms with Crippen molar-refractivity contribution in [2.45, 2.75) is 148 Å². The highest BCUT2D eigenvalue weighted by atomic mass is 31.2. The van der Waals surface area contributed by atoms with Gasteiger partial charge in [0.05, 0.1) is 41.7 Å². The molecule has 19 heteroatoms. The maximum Gasteiger partial charge on any atom is 0.410 e. The molecule has 1 fully saturated rings. The number of carbonyl (C=O) groups excluding carboxylic acids is 6. The summed E-state index contributed by atoms with van der Waals surface area (Å²) >= 11 is 0. The zero-order valence-corrected chi connectivity index (χ0v) is 45.5. The number of amides is 5. The largest absolute Gasteiger partial charge is 0.478 e. The van der Waals surface area contributed by atoms with Crippen LogP contribution in [0.5, 0.6) is 0 Å². The van der Waals surface area contributed by atoms with Crippen LogP contribution in [-0.2, 0) is 72.7 Å². The summed E-state index contributed by atoms with van der Waals surface area (Å²) in [6.45, 7) is 15.6. The lowest BCUT2D eigenvalue weighted by atomic mass is 9.84. The lowest BCUT2D eigenvalue weighted by Gasteiger charge is -2.41. The van der Waals surface area contributed by atoms with E-state index in [2.05, 4.69) is 16.0 Å². The van der Waals surface area contributed by atoms with Gasteiger partial charge in [-0.1, -0.05) is 78.9 Å². The molecule has 1 heterocycles. The number of nitrogens with one attached hydrogen (secondary N) is 3. The molecule has 2 atom stereocenters. The number of piperidine rings is 1. The van der Waals surface area contributed by atoms with Crippen molar-refractivity contribution in [3.63, 3.8) is 0 Å². The van der Waals surface area contributed by atoms with Gasteiger partial charge in [0, 0.05) is 19.6 Å². The number of fused-ring (bicyclic) bond motifs is 1. The van der Waals surface area contributed by atoms with Crippen molar-refractivity contribution in [2.24, 2.45) is 11.7 Å². The maximum absolute atomic E-state index is 14.8. The van der Waals surface area contributed by atoms with Gasteiger partial charge in [0.25, 0.3) is 0 Å². The van der Waals surface area contributed by atoms with Crippen molar-refractivity contribution < 1.29 is 61.8 Å². The Morgan fingerprint density at radius 3 is 1.91 bits per heavy atom. The van der Waals surface area contributed by atoms with E-state index >= 15 is 0 Å². The SMILES string of the molecule is CC(C)(C)OC(=O)C[C@H](Cc1ccc(CP(=O)(OC(C)(C)C)OC(C)(C)C)cc1)C(=O)NC1(C(=O)N[C@@H](CC(N)=O)C(=O)NCCCc2cccc3ccccc23)CCN(C(=O)OCc2ccc(C(=O)O)cc2)CC1. The fraction of sp³-hybridized carbons (Fsp3) is 0.482. The second-order valence-electron chi connectivity index (χ2n) is 22.0. The molecule has 1 aliphatic heterocycles. The van der Waals surface area contributed by atoms with Crippen molar-refractivity contribution in [2.75, 3.05) is 19.6 Å². The Labute approximate surface area is 439 Å². The van der Waals surface area contributed by atoms with Crippen molar-refractivity contribution in [3.05, 3.63) is 119 Å². The third-order valence-corrected chi connectivity index (χ3v) is 14.4. The van der Waals surface area contributed by atoms with E-state index in [4.69, 9.17) is 24.3 Å². The van der Waals surface area contributed by atoms with Crippen molar-refractivity contribution in [1.82, 2.24) is 20.9 Å². The molecule has 4 aromatic rings. The van der Waals surface area contributed by atoms with Crippen LogP contribution in [0.2, 0.25) is 0 Å². The van der Waals surface area contributed by atoms with E-state index in [1.165, 1.54) is 29.2 Å². The highest BCUT2D eigenvalue weighted by molar-refractivity contribution is 7.53. The minimum absolute atomic E-state index is 0.00489. The molecule has 5 amide bonds. The van der Waals surface area contributed by atoms with Gasteiger partial charge in [0.1, 0.15) is 23.8 Å². The van der Waals surface area contributed by atoms with Crippen LogP contribution < -0.4 is 21.7 Å². The van der Waals surface area contributed by atoms with E-state index in [-0.39, 0.29) is 57.2 Å². The average Bonchev–Trinajstić information content (AvgIpc) is 3.30. The number of carboxylic acid groups (broad SMARTS) is 1. The summed E-state index contributed by atoms with van der Waals surface area (Å²) in [4.78, 5) is 95.4. The number of hydrogen-bond acceptors (Lipinski definition) is 12. The molecular weight excluding hydrogens is 982 g/mol. The summed E-state index contributed by atoms with van der Waals surface area (Å²) in [5.41, 5.74) is 4.34. The summed E-state index contributed by atoms with van der Waals surface area (Å²) < 4.78 is 37.3. The number of primary amides is 1. The second-order valence-corrected chi connectivity index (χ2v) is 23.9. The van der Waals surface area contributed by atoms with E-state index in [1.807, 2.05) is 42.5 Å². The van der Waals surface area contributed by atoms with Gasteiger partial charge in [-0.15, -0.1) is 0 Å². The van der Waals surface area contributed by atoms with Crippen LogP contribution in [0.15, 0.2) is 91.0 Å². The van der Waals surface area contributed by atoms with Crippen LogP contribution in [0.25, 0.3) is 10.8 Å². The third-order valence-electron chi connectivity index (χ3n) is 12.0. The number of aromatic carboxylic acids is 1. The average molecular weight is 1060 g/mol. The van der Waals surface area contributed by atoms with Gasteiger partial charge in [0.2, 0.25) is 23.6 Å². The zero-order chi connectivity index (χ0) is 55.4. The molecule has 0 aliphatic carbocycles. The number of benzene rings is 4. The molecule has 1 aliphatic rings. The third kappa shape index (κ3) is 18.9. The van der Waals surface area contributed by atoms with Gasteiger partial charge >= 0.3 is 25.6 Å². The smallest absolute Gasteiger partial charge is 0.410 e. The van der Waals surface area contributed by atoms with Crippen LogP contribution in [0, 0.1) is 5.92 Å². The first-order chi connectivity index (χ1) is 35.0. The fourth-order valence-corrected chi connectivity index (χ4v) is 11.2. The normalized spacial score (nSPS) is 14.8. The fourth-order valence-electron chi connectivity index (χ4n) is 8.68. The summed E-state index contributed by atoms with van der Waals surface area (Å²) in [5, 5.41) is 19.9. The number of aryl methyl sites for hydroxylation is 1. The molecule has 0 bridgehead atoms. The number of ether oxygens (including phenoxy) is 2. The standard InChI is InChI=1S/C56H74N5O13P/c1-53(2,3)72-47(63)33-43(32-37-19-21-39(22-20-37)36-75(70,73-54(4,5)6)74-55(7,8)9)48(64)60-56(27-30-61(31-28-56)52(69)71-35-38-23-25-42(26-24-38)50(66)67)51(68)59-45(34-46(57)62)49(65)58-29-13-17-41-16-12-15-40-14-10-11-18-44(40)41/h10-12,14-16,18-26,43,45H,13,17,27-36H2,1-9H3,(H2,57,62)(H,58,65)(H,59,68)(H,60,64)(H,66,67)/t43-,45-/m0/s1. The molecule has 406 valence electrons. The molecule has 0 spiro atoms. The first kappa shape index (κ1) is 59.3. The maximum atomic E-state index is 14.8. The van der Waals surface area contributed by atoms with E-state index in [1.54, 1.807) is 86.6 Å². The molecule has 4 aromatic carbocycles.